The third-order valence-corrected chi connectivity index (χ3v) is 3.68. The van der Waals surface area contributed by atoms with Gasteiger partial charge in [-0.1, -0.05) is 0 Å². The van der Waals surface area contributed by atoms with E-state index in [2.05, 4.69) is 12.2 Å². The Hall–Kier alpha value is -0.320. The normalized spacial score (nSPS) is 28.6. The lowest BCUT2D eigenvalue weighted by Gasteiger charge is -2.32. The van der Waals surface area contributed by atoms with E-state index in [1.165, 1.54) is 12.8 Å². The van der Waals surface area contributed by atoms with Gasteiger partial charge in [0.15, 0.2) is 0 Å². The van der Waals surface area contributed by atoms with E-state index in [0.29, 0.717) is 24.5 Å². The average Bonchev–Trinajstić information content (AvgIpc) is 2.37. The van der Waals surface area contributed by atoms with Crippen molar-refractivity contribution in [3.63, 3.8) is 0 Å². The molecule has 2 saturated heterocycles. The average molecular weight is 277 g/mol. The second-order valence-corrected chi connectivity index (χ2v) is 5.22. The minimum absolute atomic E-state index is 0. The minimum atomic E-state index is 0. The fourth-order valence-electron chi connectivity index (χ4n) is 2.64. The highest BCUT2D eigenvalue weighted by Crippen LogP contribution is 2.17. The number of carbonyl (C=O) groups is 1. The van der Waals surface area contributed by atoms with Gasteiger partial charge in [0.25, 0.3) is 0 Å². The number of piperazine rings is 1. The molecule has 1 unspecified atom stereocenters. The van der Waals surface area contributed by atoms with E-state index in [4.69, 9.17) is 4.74 Å². The van der Waals surface area contributed by atoms with Gasteiger partial charge in [-0.25, -0.2) is 0 Å². The fourth-order valence-corrected chi connectivity index (χ4v) is 2.64. The highest BCUT2D eigenvalue weighted by Gasteiger charge is 2.22. The van der Waals surface area contributed by atoms with Crippen molar-refractivity contribution in [1.82, 2.24) is 10.2 Å². The zero-order chi connectivity index (χ0) is 12.1. The van der Waals surface area contributed by atoms with Gasteiger partial charge in [-0.2, -0.15) is 0 Å². The van der Waals surface area contributed by atoms with E-state index >= 15 is 0 Å². The van der Waals surface area contributed by atoms with Gasteiger partial charge in [-0.3, -0.25) is 4.79 Å². The molecule has 4 nitrogen and oxygen atoms in total. The molecular formula is C13H25ClN2O2. The van der Waals surface area contributed by atoms with Gasteiger partial charge in [0, 0.05) is 38.7 Å². The van der Waals surface area contributed by atoms with Crippen LogP contribution in [-0.4, -0.2) is 49.2 Å². The molecule has 2 fully saturated rings. The number of rotatable bonds is 3. The summed E-state index contributed by atoms with van der Waals surface area (Å²) in [5, 5.41) is 3.35. The molecular weight excluding hydrogens is 252 g/mol. The zero-order valence-electron chi connectivity index (χ0n) is 11.2. The number of nitrogens with zero attached hydrogens (tertiary/aromatic N) is 1. The van der Waals surface area contributed by atoms with E-state index < -0.39 is 0 Å². The highest BCUT2D eigenvalue weighted by molar-refractivity contribution is 5.85. The van der Waals surface area contributed by atoms with E-state index in [0.717, 1.165) is 39.1 Å². The molecule has 0 spiro atoms. The lowest BCUT2D eigenvalue weighted by molar-refractivity contribution is -0.133. The maximum Gasteiger partial charge on any atom is 0.222 e. The van der Waals surface area contributed by atoms with Crippen LogP contribution in [0.4, 0.5) is 0 Å². The molecule has 5 heteroatoms. The van der Waals surface area contributed by atoms with Crippen LogP contribution in [0.1, 0.15) is 39.0 Å². The Morgan fingerprint density at radius 2 is 2.28 bits per heavy atom. The molecule has 2 heterocycles. The third-order valence-electron chi connectivity index (χ3n) is 3.68. The maximum absolute atomic E-state index is 12.0. The van der Waals surface area contributed by atoms with Gasteiger partial charge in [0.05, 0.1) is 6.10 Å². The number of hydrogen-bond acceptors (Lipinski definition) is 3. The predicted octanol–water partition coefficient (Wildman–Crippen LogP) is 1.58. The van der Waals surface area contributed by atoms with E-state index in [9.17, 15) is 4.79 Å². The zero-order valence-corrected chi connectivity index (χ0v) is 12.0. The van der Waals surface area contributed by atoms with E-state index in [1.807, 2.05) is 4.90 Å². The van der Waals surface area contributed by atoms with Crippen molar-refractivity contribution in [2.24, 2.45) is 0 Å². The summed E-state index contributed by atoms with van der Waals surface area (Å²) in [7, 11) is 0. The molecule has 0 aliphatic carbocycles. The number of amides is 1. The monoisotopic (exact) mass is 276 g/mol. The molecule has 106 valence electrons. The molecule has 0 saturated carbocycles. The summed E-state index contributed by atoms with van der Waals surface area (Å²) >= 11 is 0. The van der Waals surface area contributed by atoms with Gasteiger partial charge in [0.2, 0.25) is 5.91 Å². The molecule has 18 heavy (non-hydrogen) atoms. The maximum atomic E-state index is 12.0. The SMILES string of the molecule is C[C@@H]1CN(C(=O)CCC2CCCCO2)CCN1.Cl. The van der Waals surface area contributed by atoms with Crippen molar-refractivity contribution < 1.29 is 9.53 Å². The first-order chi connectivity index (χ1) is 8.25. The molecule has 2 rings (SSSR count). The topological polar surface area (TPSA) is 41.6 Å². The number of ether oxygens (including phenoxy) is 1. The first-order valence-electron chi connectivity index (χ1n) is 6.88. The van der Waals surface area contributed by atoms with E-state index in [1.54, 1.807) is 0 Å². The summed E-state index contributed by atoms with van der Waals surface area (Å²) in [6.45, 7) is 5.64. The number of carbonyl (C=O) groups excluding carboxylic acids is 1. The molecule has 0 aromatic rings. The van der Waals surface area contributed by atoms with Crippen molar-refractivity contribution in [3.05, 3.63) is 0 Å². The van der Waals surface area contributed by atoms with Crippen molar-refractivity contribution >= 4 is 18.3 Å². The molecule has 2 aliphatic rings. The quantitative estimate of drug-likeness (QED) is 0.851. The first kappa shape index (κ1) is 15.7. The van der Waals surface area contributed by atoms with Crippen LogP contribution in [0.25, 0.3) is 0 Å². The van der Waals surface area contributed by atoms with Crippen LogP contribution >= 0.6 is 12.4 Å². The molecule has 0 radical (unpaired) electrons. The van der Waals surface area contributed by atoms with Crippen LogP contribution in [0.15, 0.2) is 0 Å². The summed E-state index contributed by atoms with van der Waals surface area (Å²) in [4.78, 5) is 14.0. The summed E-state index contributed by atoms with van der Waals surface area (Å²) < 4.78 is 5.65. The largest absolute Gasteiger partial charge is 0.378 e. The summed E-state index contributed by atoms with van der Waals surface area (Å²) in [5.74, 6) is 0.299. The van der Waals surface area contributed by atoms with Gasteiger partial charge in [-0.05, 0) is 32.6 Å². The van der Waals surface area contributed by atoms with Crippen molar-refractivity contribution in [3.8, 4) is 0 Å². The third kappa shape index (κ3) is 4.75. The predicted molar refractivity (Wildman–Crippen MR) is 74.1 cm³/mol. The van der Waals surface area contributed by atoms with Crippen LogP contribution in [0.5, 0.6) is 0 Å². The van der Waals surface area contributed by atoms with Crippen LogP contribution in [0.3, 0.4) is 0 Å². The Kier molecular flexibility index (Phi) is 6.97. The van der Waals surface area contributed by atoms with Crippen LogP contribution in [-0.2, 0) is 9.53 Å². The lowest BCUT2D eigenvalue weighted by atomic mass is 10.0. The van der Waals surface area contributed by atoms with Gasteiger partial charge in [0.1, 0.15) is 0 Å². The van der Waals surface area contributed by atoms with Crippen molar-refractivity contribution in [2.45, 2.75) is 51.2 Å². The molecule has 2 atom stereocenters. The molecule has 0 aromatic heterocycles. The Labute approximate surface area is 116 Å². The molecule has 1 amide bonds. The lowest BCUT2D eigenvalue weighted by Crippen LogP contribution is -2.51. The first-order valence-corrected chi connectivity index (χ1v) is 6.88. The van der Waals surface area contributed by atoms with Crippen molar-refractivity contribution in [1.29, 1.82) is 0 Å². The standard InChI is InChI=1S/C13H24N2O2.ClH/c1-11-10-15(8-7-14-11)13(16)6-5-12-4-2-3-9-17-12;/h11-12,14H,2-10H2,1H3;1H/t11-,12?;/m1./s1. The van der Waals surface area contributed by atoms with Crippen LogP contribution in [0.2, 0.25) is 0 Å². The number of halogens is 1. The molecule has 0 aromatic carbocycles. The Morgan fingerprint density at radius 1 is 1.44 bits per heavy atom. The number of hydrogen-bond donors (Lipinski definition) is 1. The highest BCUT2D eigenvalue weighted by atomic mass is 35.5. The molecule has 2 aliphatic heterocycles. The van der Waals surface area contributed by atoms with Crippen LogP contribution in [0, 0.1) is 0 Å². The Bertz CT molecular complexity index is 257. The van der Waals surface area contributed by atoms with Crippen LogP contribution < -0.4 is 5.32 Å². The second-order valence-electron chi connectivity index (χ2n) is 5.22. The summed E-state index contributed by atoms with van der Waals surface area (Å²) in [6, 6.07) is 0.429. The Morgan fingerprint density at radius 3 is 2.94 bits per heavy atom. The second kappa shape index (κ2) is 7.97. The summed E-state index contributed by atoms with van der Waals surface area (Å²) in [6.07, 6.45) is 5.44. The van der Waals surface area contributed by atoms with Gasteiger partial charge in [-0.15, -0.1) is 12.4 Å². The van der Waals surface area contributed by atoms with E-state index in [-0.39, 0.29) is 12.4 Å². The van der Waals surface area contributed by atoms with Gasteiger partial charge < -0.3 is 15.0 Å². The Balaban J connectivity index is 0.00000162. The smallest absolute Gasteiger partial charge is 0.222 e. The van der Waals surface area contributed by atoms with Crippen molar-refractivity contribution in [2.75, 3.05) is 26.2 Å². The summed E-state index contributed by atoms with van der Waals surface area (Å²) in [5.41, 5.74) is 0. The minimum Gasteiger partial charge on any atom is -0.378 e. The fraction of sp³-hybridized carbons (Fsp3) is 0.923. The number of nitrogens with one attached hydrogen (secondary N) is 1. The van der Waals surface area contributed by atoms with Gasteiger partial charge >= 0.3 is 0 Å². The molecule has 0 bridgehead atoms. The molecule has 1 N–H and O–H groups in total.